The van der Waals surface area contributed by atoms with Crippen LogP contribution in [0.1, 0.15) is 27.9 Å². The summed E-state index contributed by atoms with van der Waals surface area (Å²) in [7, 11) is 4.07. The lowest BCUT2D eigenvalue weighted by Crippen LogP contribution is -2.33. The van der Waals surface area contributed by atoms with Crippen molar-refractivity contribution in [1.29, 1.82) is 0 Å². The van der Waals surface area contributed by atoms with Crippen LogP contribution >= 0.6 is 22.9 Å². The third-order valence-electron chi connectivity index (χ3n) is 4.35. The maximum absolute atomic E-state index is 13.2. The zero-order chi connectivity index (χ0) is 19.6. The first-order valence-corrected chi connectivity index (χ1v) is 10.1. The average molecular weight is 402 g/mol. The molecule has 0 atom stereocenters. The number of nitrogens with zero attached hydrogens (tertiary/aromatic N) is 3. The Morgan fingerprint density at radius 2 is 1.93 bits per heavy atom. The third-order valence-corrected chi connectivity index (χ3v) is 5.61. The number of benzene rings is 2. The summed E-state index contributed by atoms with van der Waals surface area (Å²) in [5, 5.41) is 1.30. The Bertz CT molecular complexity index is 967. The van der Waals surface area contributed by atoms with Crippen LogP contribution in [0.25, 0.3) is 10.2 Å². The second-order valence-corrected chi connectivity index (χ2v) is 8.49. The van der Waals surface area contributed by atoms with E-state index in [1.807, 2.05) is 14.1 Å². The first-order valence-electron chi connectivity index (χ1n) is 8.95. The number of rotatable bonds is 6. The van der Waals surface area contributed by atoms with Gasteiger partial charge in [-0.15, -0.1) is 0 Å². The number of aromatic nitrogens is 1. The van der Waals surface area contributed by atoms with Crippen molar-refractivity contribution in [3.63, 3.8) is 0 Å². The number of amides is 1. The van der Waals surface area contributed by atoms with Gasteiger partial charge in [-0.2, -0.15) is 0 Å². The van der Waals surface area contributed by atoms with Gasteiger partial charge in [-0.25, -0.2) is 4.98 Å². The van der Waals surface area contributed by atoms with Gasteiger partial charge in [0.1, 0.15) is 0 Å². The number of carbonyl (C=O) groups excluding carboxylic acids is 1. The third kappa shape index (κ3) is 4.67. The lowest BCUT2D eigenvalue weighted by atomic mass is 10.1. The van der Waals surface area contributed by atoms with Gasteiger partial charge in [0.2, 0.25) is 0 Å². The molecule has 4 nitrogen and oxygen atoms in total. The molecule has 1 heterocycles. The first kappa shape index (κ1) is 19.8. The van der Waals surface area contributed by atoms with Gasteiger partial charge in [0, 0.05) is 17.1 Å². The molecule has 0 N–H and O–H groups in total. The van der Waals surface area contributed by atoms with Crippen LogP contribution in [0.3, 0.4) is 0 Å². The van der Waals surface area contributed by atoms with Gasteiger partial charge >= 0.3 is 0 Å². The standard InChI is InChI=1S/C21H24ClN3OS/c1-14-11-15(2)19-18(12-14)27-21(23-19)25(10-6-9-24(3)4)20(26)16-7-5-8-17(22)13-16/h5,7-8,11-13H,6,9-10H2,1-4H3. The van der Waals surface area contributed by atoms with Gasteiger partial charge in [-0.1, -0.05) is 35.1 Å². The fourth-order valence-corrected chi connectivity index (χ4v) is 4.44. The Kier molecular flexibility index (Phi) is 6.15. The molecule has 3 rings (SSSR count). The summed E-state index contributed by atoms with van der Waals surface area (Å²) < 4.78 is 1.11. The van der Waals surface area contributed by atoms with Gasteiger partial charge in [0.25, 0.3) is 5.91 Å². The van der Waals surface area contributed by atoms with Crippen molar-refractivity contribution in [2.24, 2.45) is 0 Å². The Balaban J connectivity index is 1.98. The molecule has 0 aliphatic heterocycles. The van der Waals surface area contributed by atoms with Gasteiger partial charge in [0.05, 0.1) is 10.2 Å². The summed E-state index contributed by atoms with van der Waals surface area (Å²) >= 11 is 7.66. The van der Waals surface area contributed by atoms with Crippen LogP contribution in [-0.4, -0.2) is 43.0 Å². The molecule has 27 heavy (non-hydrogen) atoms. The Labute approximate surface area is 169 Å². The number of hydrogen-bond donors (Lipinski definition) is 0. The maximum Gasteiger partial charge on any atom is 0.260 e. The summed E-state index contributed by atoms with van der Waals surface area (Å²) in [5.41, 5.74) is 3.89. The minimum atomic E-state index is -0.0651. The van der Waals surface area contributed by atoms with E-state index in [9.17, 15) is 4.79 Å². The van der Waals surface area contributed by atoms with Crippen molar-refractivity contribution < 1.29 is 4.79 Å². The molecule has 0 saturated carbocycles. The van der Waals surface area contributed by atoms with Crippen LogP contribution in [0.15, 0.2) is 36.4 Å². The van der Waals surface area contributed by atoms with Crippen molar-refractivity contribution in [3.8, 4) is 0 Å². The average Bonchev–Trinajstić information content (AvgIpc) is 3.02. The van der Waals surface area contributed by atoms with E-state index in [2.05, 4.69) is 30.9 Å². The minimum Gasteiger partial charge on any atom is -0.309 e. The first-order chi connectivity index (χ1) is 12.8. The summed E-state index contributed by atoms with van der Waals surface area (Å²) in [6.45, 7) is 5.66. The molecule has 0 aliphatic carbocycles. The van der Waals surface area contributed by atoms with E-state index in [-0.39, 0.29) is 5.91 Å². The van der Waals surface area contributed by atoms with Crippen molar-refractivity contribution in [1.82, 2.24) is 9.88 Å². The van der Waals surface area contributed by atoms with E-state index in [1.165, 1.54) is 5.56 Å². The highest BCUT2D eigenvalue weighted by molar-refractivity contribution is 7.22. The monoisotopic (exact) mass is 401 g/mol. The molecule has 0 radical (unpaired) electrons. The number of hydrogen-bond acceptors (Lipinski definition) is 4. The molecule has 0 bridgehead atoms. The smallest absolute Gasteiger partial charge is 0.260 e. The molecule has 3 aromatic rings. The summed E-state index contributed by atoms with van der Waals surface area (Å²) in [6, 6.07) is 11.4. The molecule has 0 spiro atoms. The number of thiazole rings is 1. The van der Waals surface area contributed by atoms with Crippen molar-refractivity contribution in [2.45, 2.75) is 20.3 Å². The van der Waals surface area contributed by atoms with Crippen LogP contribution in [0.2, 0.25) is 5.02 Å². The minimum absolute atomic E-state index is 0.0651. The number of carbonyl (C=O) groups is 1. The second kappa shape index (κ2) is 8.38. The Morgan fingerprint density at radius 1 is 1.15 bits per heavy atom. The van der Waals surface area contributed by atoms with Crippen LogP contribution in [-0.2, 0) is 0 Å². The number of aryl methyl sites for hydroxylation is 2. The second-order valence-electron chi connectivity index (χ2n) is 7.05. The van der Waals surface area contributed by atoms with Crippen LogP contribution in [0, 0.1) is 13.8 Å². The molecule has 6 heteroatoms. The highest BCUT2D eigenvalue weighted by atomic mass is 35.5. The van der Waals surface area contributed by atoms with Gasteiger partial charge < -0.3 is 4.90 Å². The van der Waals surface area contributed by atoms with Gasteiger partial charge in [0.15, 0.2) is 5.13 Å². The number of anilines is 1. The lowest BCUT2D eigenvalue weighted by molar-refractivity contribution is 0.0986. The van der Waals surface area contributed by atoms with E-state index >= 15 is 0 Å². The molecule has 1 amide bonds. The number of halogens is 1. The lowest BCUT2D eigenvalue weighted by Gasteiger charge is -2.21. The largest absolute Gasteiger partial charge is 0.309 e. The van der Waals surface area contributed by atoms with Gasteiger partial charge in [-0.3, -0.25) is 9.69 Å². The summed E-state index contributed by atoms with van der Waals surface area (Å²) in [4.78, 5) is 21.9. The van der Waals surface area contributed by atoms with Crippen molar-refractivity contribution >= 4 is 44.2 Å². The molecule has 0 unspecified atom stereocenters. The van der Waals surface area contributed by atoms with Gasteiger partial charge in [-0.05, 0) is 76.3 Å². The van der Waals surface area contributed by atoms with Crippen LogP contribution in [0.4, 0.5) is 5.13 Å². The molecule has 0 fully saturated rings. The molecule has 1 aromatic heterocycles. The SMILES string of the molecule is Cc1cc(C)c2nc(N(CCCN(C)C)C(=O)c3cccc(Cl)c3)sc2c1. The normalized spacial score (nSPS) is 11.3. The predicted octanol–water partition coefficient (Wildman–Crippen LogP) is 5.17. The predicted molar refractivity (Wildman–Crippen MR) is 115 cm³/mol. The molecule has 0 aliphatic rings. The molecular formula is C21H24ClN3OS. The number of fused-ring (bicyclic) bond motifs is 1. The van der Waals surface area contributed by atoms with E-state index in [4.69, 9.17) is 16.6 Å². The van der Waals surface area contributed by atoms with Crippen molar-refractivity contribution in [2.75, 3.05) is 32.1 Å². The topological polar surface area (TPSA) is 36.4 Å². The highest BCUT2D eigenvalue weighted by Gasteiger charge is 2.22. The Hall–Kier alpha value is -1.95. The van der Waals surface area contributed by atoms with E-state index in [1.54, 1.807) is 40.5 Å². The quantitative estimate of drug-likeness (QED) is 0.572. The molecule has 142 valence electrons. The van der Waals surface area contributed by atoms with E-state index in [0.717, 1.165) is 33.9 Å². The fourth-order valence-electron chi connectivity index (χ4n) is 3.08. The summed E-state index contributed by atoms with van der Waals surface area (Å²) in [5.74, 6) is -0.0651. The zero-order valence-corrected chi connectivity index (χ0v) is 17.7. The van der Waals surface area contributed by atoms with E-state index < -0.39 is 0 Å². The fraction of sp³-hybridized carbons (Fsp3) is 0.333. The van der Waals surface area contributed by atoms with Crippen molar-refractivity contribution in [3.05, 3.63) is 58.1 Å². The van der Waals surface area contributed by atoms with Crippen LogP contribution in [0.5, 0.6) is 0 Å². The zero-order valence-electron chi connectivity index (χ0n) is 16.1. The maximum atomic E-state index is 13.2. The molecular weight excluding hydrogens is 378 g/mol. The van der Waals surface area contributed by atoms with E-state index in [0.29, 0.717) is 17.1 Å². The highest BCUT2D eigenvalue weighted by Crippen LogP contribution is 2.32. The molecule has 0 saturated heterocycles. The van der Waals surface area contributed by atoms with Crippen LogP contribution < -0.4 is 4.90 Å². The molecule has 2 aromatic carbocycles. The summed E-state index contributed by atoms with van der Waals surface area (Å²) in [6.07, 6.45) is 0.868. The Morgan fingerprint density at radius 3 is 2.63 bits per heavy atom.